The minimum Gasteiger partial charge on any atom is -0.392 e. The Morgan fingerprint density at radius 3 is 2.44 bits per heavy atom. The monoisotopic (exact) mass is 612 g/mol. The molecule has 0 bridgehead atoms. The van der Waals surface area contributed by atoms with Crippen molar-refractivity contribution in [1.29, 1.82) is 0 Å². The summed E-state index contributed by atoms with van der Waals surface area (Å²) in [5.74, 6) is 0.110. The molecule has 12 nitrogen and oxygen atoms in total. The minimum atomic E-state index is -0.651. The molecule has 1 saturated heterocycles. The quantitative estimate of drug-likeness (QED) is 0.314. The van der Waals surface area contributed by atoms with Crippen LogP contribution < -0.4 is 15.5 Å². The summed E-state index contributed by atoms with van der Waals surface area (Å²) < 4.78 is 20.9. The van der Waals surface area contributed by atoms with Crippen LogP contribution in [0.3, 0.4) is 0 Å². The van der Waals surface area contributed by atoms with Gasteiger partial charge in [-0.3, -0.25) is 9.78 Å². The molecular formula is C32H33FN8O4. The summed E-state index contributed by atoms with van der Waals surface area (Å²) >= 11 is 0. The number of nitrogens with one attached hydrogen (secondary N) is 2. The zero-order valence-corrected chi connectivity index (χ0v) is 25.4. The second kappa shape index (κ2) is 12.4. The van der Waals surface area contributed by atoms with Crippen molar-refractivity contribution in [3.05, 3.63) is 71.7 Å². The molecule has 232 valence electrons. The lowest BCUT2D eigenvalue weighted by Crippen LogP contribution is -2.37. The van der Waals surface area contributed by atoms with Crippen LogP contribution in [-0.4, -0.2) is 84.0 Å². The Bertz CT molecular complexity index is 1790. The molecule has 2 N–H and O–H groups in total. The summed E-state index contributed by atoms with van der Waals surface area (Å²) in [6.07, 6.45) is 1.68. The number of aromatic nitrogens is 3. The first-order valence-electron chi connectivity index (χ1n) is 14.6. The molecule has 13 heteroatoms. The molecule has 45 heavy (non-hydrogen) atoms. The lowest BCUT2D eigenvalue weighted by Gasteiger charge is -2.28. The third-order valence-corrected chi connectivity index (χ3v) is 7.76. The fraction of sp³-hybridized carbons (Fsp3) is 0.312. The Morgan fingerprint density at radius 2 is 1.78 bits per heavy atom. The number of morpholine rings is 1. The van der Waals surface area contributed by atoms with Crippen molar-refractivity contribution in [2.45, 2.75) is 25.9 Å². The van der Waals surface area contributed by atoms with Gasteiger partial charge in [-0.05, 0) is 67.9 Å². The molecule has 0 saturated carbocycles. The van der Waals surface area contributed by atoms with Crippen molar-refractivity contribution in [2.75, 3.05) is 55.9 Å². The molecule has 2 aromatic heterocycles. The summed E-state index contributed by atoms with van der Waals surface area (Å²) in [6, 6.07) is 12.2. The van der Waals surface area contributed by atoms with Crippen LogP contribution in [0.1, 0.15) is 35.7 Å². The first kappa shape index (κ1) is 29.9. The van der Waals surface area contributed by atoms with Crippen LogP contribution in [0.4, 0.5) is 26.4 Å². The van der Waals surface area contributed by atoms with E-state index in [-0.39, 0.29) is 23.6 Å². The summed E-state index contributed by atoms with van der Waals surface area (Å²) in [7, 11) is 3.32. The zero-order valence-electron chi connectivity index (χ0n) is 25.4. The van der Waals surface area contributed by atoms with Gasteiger partial charge in [-0.25, -0.2) is 19.2 Å². The van der Waals surface area contributed by atoms with E-state index in [1.165, 1.54) is 17.0 Å². The smallest absolute Gasteiger partial charge is 0.323 e. The molecule has 0 radical (unpaired) electrons. The lowest BCUT2D eigenvalue weighted by atomic mass is 9.92. The maximum absolute atomic E-state index is 15.4. The predicted molar refractivity (Wildman–Crippen MR) is 169 cm³/mol. The maximum atomic E-state index is 15.4. The second-order valence-corrected chi connectivity index (χ2v) is 11.2. The highest BCUT2D eigenvalue weighted by Crippen LogP contribution is 2.33. The molecule has 2 unspecified atom stereocenters. The van der Waals surface area contributed by atoms with E-state index < -0.39 is 11.8 Å². The van der Waals surface area contributed by atoms with Crippen LogP contribution in [0.25, 0.3) is 22.4 Å². The Labute approximate surface area is 259 Å². The Morgan fingerprint density at radius 1 is 1.02 bits per heavy atom. The number of carbonyl (C=O) groups excluding carboxylic acids is 2. The number of urea groups is 1. The minimum absolute atomic E-state index is 0.0150. The third-order valence-electron chi connectivity index (χ3n) is 7.76. The zero-order chi connectivity index (χ0) is 31.7. The third kappa shape index (κ3) is 6.25. The highest BCUT2D eigenvalue weighted by atomic mass is 19.1. The van der Waals surface area contributed by atoms with E-state index in [9.17, 15) is 9.59 Å². The topological polar surface area (TPSA) is 134 Å². The molecule has 6 rings (SSSR count). The van der Waals surface area contributed by atoms with E-state index in [1.807, 2.05) is 26.1 Å². The van der Waals surface area contributed by atoms with E-state index in [1.54, 1.807) is 44.4 Å². The number of ether oxygens (including phenoxy) is 1. The number of benzene rings is 2. The largest absolute Gasteiger partial charge is 0.392 e. The van der Waals surface area contributed by atoms with Gasteiger partial charge in [0.1, 0.15) is 17.4 Å². The second-order valence-electron chi connectivity index (χ2n) is 11.2. The van der Waals surface area contributed by atoms with Crippen molar-refractivity contribution in [2.24, 2.45) is 5.16 Å². The molecule has 2 atom stereocenters. The van der Waals surface area contributed by atoms with Crippen molar-refractivity contribution in [3.63, 3.8) is 0 Å². The van der Waals surface area contributed by atoms with E-state index >= 15 is 4.39 Å². The molecule has 4 aromatic rings. The van der Waals surface area contributed by atoms with Gasteiger partial charge in [-0.1, -0.05) is 5.16 Å². The number of pyridine rings is 1. The SMILES string of the molecule is CC1=NOC(C)C1c1cnc2c(N3CCOCC3)nc(-c3ccc(NC(=O)Nc4ccc(C(=O)N(C)C)cc4)c(F)c3)nc2c1. The van der Waals surface area contributed by atoms with Crippen LogP contribution in [-0.2, 0) is 9.57 Å². The predicted octanol–water partition coefficient (Wildman–Crippen LogP) is 4.89. The van der Waals surface area contributed by atoms with Crippen LogP contribution in [0.15, 0.2) is 59.9 Å². The molecule has 1 fully saturated rings. The molecule has 4 heterocycles. The molecule has 2 aliphatic rings. The van der Waals surface area contributed by atoms with Crippen LogP contribution >= 0.6 is 0 Å². The lowest BCUT2D eigenvalue weighted by molar-refractivity contribution is 0.0827. The van der Waals surface area contributed by atoms with E-state index in [2.05, 4.69) is 20.7 Å². The van der Waals surface area contributed by atoms with Gasteiger partial charge in [-0.2, -0.15) is 0 Å². The molecule has 0 aliphatic carbocycles. The molecule has 0 spiro atoms. The average molecular weight is 613 g/mol. The standard InChI is InChI=1S/C32H33FN8O4/c1-18-27(19(2)45-39-18)22-16-26-28(34-17-22)30(41-11-13-44-14-12-41)38-29(36-26)21-7-10-25(24(33)15-21)37-32(43)35-23-8-5-20(6-9-23)31(42)40(3)4/h5-10,15-17,19,27H,11-14H2,1-4H3,(H2,35,37,43). The summed E-state index contributed by atoms with van der Waals surface area (Å²) in [5.41, 5.74) is 4.40. The number of nitrogens with zero attached hydrogens (tertiary/aromatic N) is 6. The van der Waals surface area contributed by atoms with Crippen molar-refractivity contribution in [1.82, 2.24) is 19.9 Å². The van der Waals surface area contributed by atoms with E-state index in [0.717, 1.165) is 11.3 Å². The number of oxime groups is 1. The first-order valence-corrected chi connectivity index (χ1v) is 14.6. The highest BCUT2D eigenvalue weighted by molar-refractivity contribution is 6.01. The maximum Gasteiger partial charge on any atom is 0.323 e. The van der Waals surface area contributed by atoms with Gasteiger partial charge in [0.25, 0.3) is 5.91 Å². The summed E-state index contributed by atoms with van der Waals surface area (Å²) in [5, 5.41) is 9.32. The van der Waals surface area contributed by atoms with Gasteiger partial charge < -0.3 is 30.0 Å². The van der Waals surface area contributed by atoms with Crippen molar-refractivity contribution >= 4 is 45.9 Å². The number of rotatable bonds is 6. The Balaban J connectivity index is 1.26. The van der Waals surface area contributed by atoms with Crippen LogP contribution in [0.5, 0.6) is 0 Å². The normalized spacial score (nSPS) is 17.9. The summed E-state index contributed by atoms with van der Waals surface area (Å²) in [6.45, 7) is 6.26. The van der Waals surface area contributed by atoms with Gasteiger partial charge in [0.05, 0.1) is 36.0 Å². The number of hydrogen-bond acceptors (Lipinski definition) is 9. The van der Waals surface area contributed by atoms with Gasteiger partial charge in [-0.15, -0.1) is 0 Å². The fourth-order valence-electron chi connectivity index (χ4n) is 5.44. The number of fused-ring (bicyclic) bond motifs is 1. The molecular weight excluding hydrogens is 579 g/mol. The highest BCUT2D eigenvalue weighted by Gasteiger charge is 2.30. The number of halogens is 1. The first-order chi connectivity index (χ1) is 21.7. The summed E-state index contributed by atoms with van der Waals surface area (Å²) in [4.78, 5) is 48.2. The number of amides is 3. The Hall–Kier alpha value is -5.17. The van der Waals surface area contributed by atoms with Gasteiger partial charge >= 0.3 is 6.03 Å². The number of anilines is 3. The van der Waals surface area contributed by atoms with Gasteiger partial charge in [0, 0.05) is 50.2 Å². The van der Waals surface area contributed by atoms with Gasteiger partial charge in [0.2, 0.25) is 0 Å². The van der Waals surface area contributed by atoms with Crippen LogP contribution in [0.2, 0.25) is 0 Å². The fourth-order valence-corrected chi connectivity index (χ4v) is 5.44. The average Bonchev–Trinajstić information content (AvgIpc) is 3.38. The van der Waals surface area contributed by atoms with Crippen molar-refractivity contribution in [3.8, 4) is 11.4 Å². The van der Waals surface area contributed by atoms with E-state index in [4.69, 9.17) is 24.5 Å². The number of carbonyl (C=O) groups is 2. The molecule has 2 aliphatic heterocycles. The number of hydrogen-bond donors (Lipinski definition) is 2. The van der Waals surface area contributed by atoms with Gasteiger partial charge in [0.15, 0.2) is 11.6 Å². The molecule has 3 amide bonds. The molecule has 2 aromatic carbocycles. The Kier molecular flexibility index (Phi) is 8.26. The van der Waals surface area contributed by atoms with Crippen LogP contribution in [0, 0.1) is 5.82 Å². The van der Waals surface area contributed by atoms with Crippen molar-refractivity contribution < 1.29 is 23.6 Å². The van der Waals surface area contributed by atoms with E-state index in [0.29, 0.717) is 65.8 Å².